The summed E-state index contributed by atoms with van der Waals surface area (Å²) in [5.74, 6) is -37.3. The molecule has 0 aliphatic heterocycles. The van der Waals surface area contributed by atoms with Crippen molar-refractivity contribution < 1.29 is 70.2 Å². The van der Waals surface area contributed by atoms with Crippen LogP contribution in [0.5, 0.6) is 0 Å². The van der Waals surface area contributed by atoms with Crippen LogP contribution in [0.4, 0.5) is 70.2 Å². The molecule has 16 heteroatoms. The summed E-state index contributed by atoms with van der Waals surface area (Å²) in [4.78, 5) is 0. The smallest absolute Gasteiger partial charge is 0.199 e. The van der Waals surface area contributed by atoms with Gasteiger partial charge in [0, 0.05) is 0 Å². The molecule has 0 N–H and O–H groups in total. The average molecular weight is 402 g/mol. The van der Waals surface area contributed by atoms with Crippen LogP contribution in [0.15, 0.2) is 0 Å². The lowest BCUT2D eigenvalue weighted by atomic mass is 9.95. The minimum atomic E-state index is -7.75. The molecule has 0 amide bonds. The second kappa shape index (κ2) is 5.44. The molecule has 0 rings (SSSR count). The van der Waals surface area contributed by atoms with Crippen LogP contribution < -0.4 is 0 Å². The van der Waals surface area contributed by atoms with Crippen molar-refractivity contribution in [3.05, 3.63) is 0 Å². The van der Waals surface area contributed by atoms with E-state index in [1.54, 1.807) is 0 Å². The predicted octanol–water partition coefficient (Wildman–Crippen LogP) is 5.68. The third-order valence-electron chi connectivity index (χ3n) is 2.47. The Labute approximate surface area is 120 Å². The SMILES string of the molecule is FC(F)(F)C(F)(F)C(F)(F)CC(F)(F)C(F)(F)C(F)(F)C(F)(F)F. The first-order valence-electron chi connectivity index (χ1n) is 4.98. The number of hydrogen-bond donors (Lipinski definition) is 0. The lowest BCUT2D eigenvalue weighted by molar-refractivity contribution is -0.413. The Hall–Kier alpha value is -1.12. The van der Waals surface area contributed by atoms with Crippen LogP contribution in [0.2, 0.25) is 0 Å². The fourth-order valence-electron chi connectivity index (χ4n) is 1.12. The maximum absolute atomic E-state index is 12.7. The summed E-state index contributed by atoms with van der Waals surface area (Å²) < 4.78 is 195. The monoisotopic (exact) mass is 402 g/mol. The van der Waals surface area contributed by atoms with E-state index in [2.05, 4.69) is 0 Å². The normalized spacial score (nSPS) is 16.5. The van der Waals surface area contributed by atoms with Crippen LogP contribution in [0.25, 0.3) is 0 Å². The Morgan fingerprint density at radius 1 is 0.333 bits per heavy atom. The van der Waals surface area contributed by atoms with Gasteiger partial charge in [-0.15, -0.1) is 0 Å². The van der Waals surface area contributed by atoms with E-state index in [9.17, 15) is 70.2 Å². The highest BCUT2D eigenvalue weighted by molar-refractivity contribution is 5.04. The summed E-state index contributed by atoms with van der Waals surface area (Å²) in [7, 11) is 0. The van der Waals surface area contributed by atoms with Crippen molar-refractivity contribution >= 4 is 0 Å². The molecule has 0 nitrogen and oxygen atoms in total. The van der Waals surface area contributed by atoms with E-state index >= 15 is 0 Å². The van der Waals surface area contributed by atoms with Crippen LogP contribution in [0.3, 0.4) is 0 Å². The van der Waals surface area contributed by atoms with E-state index in [1.165, 1.54) is 0 Å². The van der Waals surface area contributed by atoms with Crippen molar-refractivity contribution in [1.82, 2.24) is 0 Å². The second-order valence-electron chi connectivity index (χ2n) is 4.30. The molecule has 0 saturated carbocycles. The Morgan fingerprint density at radius 3 is 0.833 bits per heavy atom. The summed E-state index contributed by atoms with van der Waals surface area (Å²) >= 11 is 0. The van der Waals surface area contributed by atoms with Gasteiger partial charge in [-0.3, -0.25) is 0 Å². The highest BCUT2D eigenvalue weighted by Gasteiger charge is 2.84. The van der Waals surface area contributed by atoms with E-state index in [0.29, 0.717) is 0 Å². The number of halogens is 16. The Balaban J connectivity index is 5.95. The molecule has 0 atom stereocenters. The van der Waals surface area contributed by atoms with E-state index in [4.69, 9.17) is 0 Å². The van der Waals surface area contributed by atoms with E-state index in [-0.39, 0.29) is 0 Å². The van der Waals surface area contributed by atoms with Crippen molar-refractivity contribution in [3.63, 3.8) is 0 Å². The Morgan fingerprint density at radius 2 is 0.583 bits per heavy atom. The van der Waals surface area contributed by atoms with Gasteiger partial charge in [0.1, 0.15) is 0 Å². The summed E-state index contributed by atoms with van der Waals surface area (Å²) in [6.07, 6.45) is -19.4. The minimum Gasteiger partial charge on any atom is -0.199 e. The largest absolute Gasteiger partial charge is 0.460 e. The zero-order valence-corrected chi connectivity index (χ0v) is 10.3. The number of alkyl halides is 16. The maximum atomic E-state index is 12.7. The molecule has 0 unspecified atom stereocenters. The van der Waals surface area contributed by atoms with Crippen LogP contribution in [0, 0.1) is 0 Å². The van der Waals surface area contributed by atoms with Gasteiger partial charge in [0.15, 0.2) is 0 Å². The summed E-state index contributed by atoms with van der Waals surface area (Å²) in [6, 6.07) is 0. The van der Waals surface area contributed by atoms with Crippen LogP contribution in [-0.4, -0.2) is 42.0 Å². The van der Waals surface area contributed by atoms with Crippen molar-refractivity contribution in [1.29, 1.82) is 0 Å². The van der Waals surface area contributed by atoms with Gasteiger partial charge in [0.05, 0.1) is 6.42 Å². The van der Waals surface area contributed by atoms with E-state index in [1.807, 2.05) is 0 Å². The molecule has 0 radical (unpaired) electrons. The molecular weight excluding hydrogens is 400 g/mol. The van der Waals surface area contributed by atoms with Crippen molar-refractivity contribution in [3.8, 4) is 0 Å². The number of hydrogen-bond acceptors (Lipinski definition) is 0. The average Bonchev–Trinajstić information content (AvgIpc) is 2.23. The number of rotatable bonds is 5. The van der Waals surface area contributed by atoms with Crippen molar-refractivity contribution in [2.45, 2.75) is 48.4 Å². The van der Waals surface area contributed by atoms with Crippen LogP contribution >= 0.6 is 0 Å². The first kappa shape index (κ1) is 22.9. The van der Waals surface area contributed by atoms with E-state index in [0.717, 1.165) is 0 Å². The third-order valence-corrected chi connectivity index (χ3v) is 2.47. The second-order valence-corrected chi connectivity index (χ2v) is 4.30. The first-order chi connectivity index (χ1) is 9.96. The van der Waals surface area contributed by atoms with Crippen LogP contribution in [-0.2, 0) is 0 Å². The van der Waals surface area contributed by atoms with Gasteiger partial charge < -0.3 is 0 Å². The van der Waals surface area contributed by atoms with Gasteiger partial charge in [0.25, 0.3) is 0 Å². The van der Waals surface area contributed by atoms with Crippen molar-refractivity contribution in [2.24, 2.45) is 0 Å². The lowest BCUT2D eigenvalue weighted by Crippen LogP contribution is -2.64. The van der Waals surface area contributed by atoms with Gasteiger partial charge in [-0.05, 0) is 0 Å². The molecule has 0 saturated heterocycles. The Bertz CT molecular complexity index is 450. The Kier molecular flexibility index (Phi) is 5.18. The minimum absolute atomic E-state index is 4.63. The zero-order valence-electron chi connectivity index (χ0n) is 10.3. The predicted molar refractivity (Wildman–Crippen MR) is 41.5 cm³/mol. The highest BCUT2D eigenvalue weighted by atomic mass is 19.4. The van der Waals surface area contributed by atoms with Crippen molar-refractivity contribution in [2.75, 3.05) is 0 Å². The molecule has 146 valence electrons. The molecule has 0 aromatic rings. The van der Waals surface area contributed by atoms with Gasteiger partial charge in [-0.1, -0.05) is 0 Å². The molecule has 0 aromatic heterocycles. The molecule has 0 spiro atoms. The molecular formula is C8H2F16. The molecule has 0 heterocycles. The van der Waals surface area contributed by atoms with Gasteiger partial charge in [0.2, 0.25) is 0 Å². The fraction of sp³-hybridized carbons (Fsp3) is 1.00. The molecule has 0 bridgehead atoms. The maximum Gasteiger partial charge on any atom is 0.460 e. The topological polar surface area (TPSA) is 0 Å². The highest BCUT2D eigenvalue weighted by Crippen LogP contribution is 2.58. The zero-order chi connectivity index (χ0) is 20.2. The fourth-order valence-corrected chi connectivity index (χ4v) is 1.12. The van der Waals surface area contributed by atoms with Gasteiger partial charge in [-0.25, -0.2) is 0 Å². The quantitative estimate of drug-likeness (QED) is 0.520. The summed E-state index contributed by atoms with van der Waals surface area (Å²) in [5.41, 5.74) is 0. The molecule has 0 aliphatic carbocycles. The molecule has 24 heavy (non-hydrogen) atoms. The molecule has 0 aromatic carbocycles. The first-order valence-corrected chi connectivity index (χ1v) is 4.98. The van der Waals surface area contributed by atoms with Gasteiger partial charge in [-0.2, -0.15) is 70.2 Å². The molecule has 0 aliphatic rings. The lowest BCUT2D eigenvalue weighted by Gasteiger charge is -2.36. The third kappa shape index (κ3) is 3.32. The summed E-state index contributed by atoms with van der Waals surface area (Å²) in [5, 5.41) is 0. The van der Waals surface area contributed by atoms with E-state index < -0.39 is 48.4 Å². The van der Waals surface area contributed by atoms with Crippen LogP contribution in [0.1, 0.15) is 6.42 Å². The molecule has 0 fully saturated rings. The van der Waals surface area contributed by atoms with Gasteiger partial charge >= 0.3 is 42.0 Å². The standard InChI is InChI=1S/C8H2F16/c9-2(10,4(13,14)6(17,18)8(22,23)24)1-3(11,12)5(15,16)7(19,20)21/h1H2. The summed E-state index contributed by atoms with van der Waals surface area (Å²) in [6.45, 7) is 0.